The molecule has 0 heterocycles. The molecule has 0 atom stereocenters. The highest BCUT2D eigenvalue weighted by atomic mass is 14.9. The van der Waals surface area contributed by atoms with Crippen LogP contribution in [0.3, 0.4) is 0 Å². The van der Waals surface area contributed by atoms with Crippen molar-refractivity contribution in [2.24, 2.45) is 0 Å². The minimum absolute atomic E-state index is 0.00623. The van der Waals surface area contributed by atoms with Crippen LogP contribution >= 0.6 is 0 Å². The molecule has 1 nitrogen and oxygen atoms in total. The van der Waals surface area contributed by atoms with Crippen molar-refractivity contribution in [3.63, 3.8) is 0 Å². The second kappa shape index (κ2) is 6.11. The first-order chi connectivity index (χ1) is 15.6. The summed E-state index contributed by atoms with van der Waals surface area (Å²) in [4.78, 5) is 0. The van der Waals surface area contributed by atoms with E-state index in [2.05, 4.69) is 116 Å². The molecule has 0 aliphatic heterocycles. The number of fused-ring (bicyclic) bond motifs is 3. The molecule has 1 N–H and O–H groups in total. The number of rotatable bonds is 2. The summed E-state index contributed by atoms with van der Waals surface area (Å²) in [5, 5.41) is 11.6. The smallest absolute Gasteiger partial charge is 0.0464 e. The fourth-order valence-electron chi connectivity index (χ4n) is 5.78. The lowest BCUT2D eigenvalue weighted by Crippen LogP contribution is -2.15. The predicted molar refractivity (Wildman–Crippen MR) is 137 cm³/mol. The summed E-state index contributed by atoms with van der Waals surface area (Å²) in [5.41, 5.74) is 7.82. The summed E-state index contributed by atoms with van der Waals surface area (Å²) in [5.74, 6) is 0. The maximum Gasteiger partial charge on any atom is 0.0464 e. The largest absolute Gasteiger partial charge is 0.355 e. The number of benzene rings is 6. The third-order valence-corrected chi connectivity index (χ3v) is 7.39. The SMILES string of the molecule is CC1(C)c2ccccc2-c2ccc(Nc3ccc4ccc5cccc6ccc3c4c56)cc21. The molecule has 152 valence electrons. The minimum atomic E-state index is 0.00623. The van der Waals surface area contributed by atoms with Crippen LogP contribution in [-0.2, 0) is 5.41 Å². The standard InChI is InChI=1S/C31H23N/c1-31(2)26-9-4-3-8-23(26)24-16-14-22(18-27(24)31)32-28-17-13-21-11-10-19-6-5-7-20-12-15-25(28)30(21)29(19)20/h3-18,32H,1-2H3. The van der Waals surface area contributed by atoms with E-state index in [1.807, 2.05) is 0 Å². The molecule has 6 aromatic carbocycles. The van der Waals surface area contributed by atoms with Crippen LogP contribution in [0.1, 0.15) is 25.0 Å². The van der Waals surface area contributed by atoms with Crippen LogP contribution in [0.5, 0.6) is 0 Å². The lowest BCUT2D eigenvalue weighted by molar-refractivity contribution is 0.660. The zero-order valence-electron chi connectivity index (χ0n) is 18.2. The topological polar surface area (TPSA) is 12.0 Å². The molecule has 7 rings (SSSR count). The van der Waals surface area contributed by atoms with Crippen molar-refractivity contribution >= 4 is 43.7 Å². The van der Waals surface area contributed by atoms with Gasteiger partial charge in [0, 0.05) is 22.2 Å². The van der Waals surface area contributed by atoms with Crippen LogP contribution in [0, 0.1) is 0 Å². The van der Waals surface area contributed by atoms with Gasteiger partial charge < -0.3 is 5.32 Å². The van der Waals surface area contributed by atoms with Crippen molar-refractivity contribution in [1.29, 1.82) is 0 Å². The summed E-state index contributed by atoms with van der Waals surface area (Å²) in [6, 6.07) is 35.6. The van der Waals surface area contributed by atoms with Gasteiger partial charge in [-0.3, -0.25) is 0 Å². The van der Waals surface area contributed by atoms with Gasteiger partial charge in [-0.2, -0.15) is 0 Å². The van der Waals surface area contributed by atoms with Crippen molar-refractivity contribution < 1.29 is 0 Å². The Bertz CT molecular complexity index is 1660. The third kappa shape index (κ3) is 2.28. The quantitative estimate of drug-likeness (QED) is 0.282. The van der Waals surface area contributed by atoms with E-state index < -0.39 is 0 Å². The lowest BCUT2D eigenvalue weighted by Gasteiger charge is -2.22. The van der Waals surface area contributed by atoms with E-state index >= 15 is 0 Å². The van der Waals surface area contributed by atoms with E-state index in [1.165, 1.54) is 54.6 Å². The average Bonchev–Trinajstić information content (AvgIpc) is 3.05. The zero-order valence-corrected chi connectivity index (χ0v) is 18.2. The molecule has 1 heteroatoms. The molecule has 1 aliphatic rings. The van der Waals surface area contributed by atoms with Crippen LogP contribution in [0.25, 0.3) is 43.4 Å². The summed E-state index contributed by atoms with van der Waals surface area (Å²) >= 11 is 0. The van der Waals surface area contributed by atoms with Gasteiger partial charge in [0.25, 0.3) is 0 Å². The Morgan fingerprint density at radius 1 is 0.562 bits per heavy atom. The Labute approximate surface area is 187 Å². The van der Waals surface area contributed by atoms with Crippen LogP contribution in [0.4, 0.5) is 11.4 Å². The van der Waals surface area contributed by atoms with E-state index in [9.17, 15) is 0 Å². The second-order valence-electron chi connectivity index (χ2n) is 9.53. The summed E-state index contributed by atoms with van der Waals surface area (Å²) in [6.45, 7) is 4.66. The molecule has 0 saturated heterocycles. The molecule has 0 saturated carbocycles. The molecule has 0 unspecified atom stereocenters. The fraction of sp³-hybridized carbons (Fsp3) is 0.0968. The highest BCUT2D eigenvalue weighted by Gasteiger charge is 2.35. The van der Waals surface area contributed by atoms with Gasteiger partial charge in [-0.1, -0.05) is 92.7 Å². The summed E-state index contributed by atoms with van der Waals surface area (Å²) in [7, 11) is 0. The third-order valence-electron chi connectivity index (χ3n) is 7.39. The monoisotopic (exact) mass is 409 g/mol. The Hall–Kier alpha value is -3.84. The lowest BCUT2D eigenvalue weighted by atomic mass is 9.82. The molecular weight excluding hydrogens is 386 g/mol. The molecule has 0 bridgehead atoms. The molecular formula is C31H23N. The van der Waals surface area contributed by atoms with Crippen LogP contribution < -0.4 is 5.32 Å². The molecule has 0 aromatic heterocycles. The van der Waals surface area contributed by atoms with Crippen molar-refractivity contribution in [2.75, 3.05) is 5.32 Å². The highest BCUT2D eigenvalue weighted by molar-refractivity contribution is 6.25. The van der Waals surface area contributed by atoms with Crippen LogP contribution in [0.2, 0.25) is 0 Å². The van der Waals surface area contributed by atoms with Gasteiger partial charge in [0.2, 0.25) is 0 Å². The van der Waals surface area contributed by atoms with Crippen LogP contribution in [-0.4, -0.2) is 0 Å². The molecule has 6 aromatic rings. The number of hydrogen-bond donors (Lipinski definition) is 1. The van der Waals surface area contributed by atoms with Crippen molar-refractivity contribution in [3.8, 4) is 11.1 Å². The maximum absolute atomic E-state index is 3.75. The van der Waals surface area contributed by atoms with E-state index in [4.69, 9.17) is 0 Å². The van der Waals surface area contributed by atoms with Gasteiger partial charge in [0.05, 0.1) is 0 Å². The average molecular weight is 410 g/mol. The molecule has 0 spiro atoms. The van der Waals surface area contributed by atoms with Gasteiger partial charge in [-0.05, 0) is 67.4 Å². The van der Waals surface area contributed by atoms with Gasteiger partial charge in [-0.25, -0.2) is 0 Å². The molecule has 0 fully saturated rings. The number of hydrogen-bond acceptors (Lipinski definition) is 1. The van der Waals surface area contributed by atoms with Gasteiger partial charge >= 0.3 is 0 Å². The van der Waals surface area contributed by atoms with Crippen molar-refractivity contribution in [2.45, 2.75) is 19.3 Å². The summed E-state index contributed by atoms with van der Waals surface area (Å²) in [6.07, 6.45) is 0. The molecule has 1 aliphatic carbocycles. The van der Waals surface area contributed by atoms with E-state index in [0.717, 1.165) is 11.4 Å². The van der Waals surface area contributed by atoms with Gasteiger partial charge in [0.15, 0.2) is 0 Å². The first-order valence-corrected chi connectivity index (χ1v) is 11.3. The van der Waals surface area contributed by atoms with Gasteiger partial charge in [0.1, 0.15) is 0 Å². The Kier molecular flexibility index (Phi) is 3.40. The Balaban J connectivity index is 1.39. The maximum atomic E-state index is 3.75. The van der Waals surface area contributed by atoms with Gasteiger partial charge in [-0.15, -0.1) is 0 Å². The Morgan fingerprint density at radius 3 is 2.09 bits per heavy atom. The Morgan fingerprint density at radius 2 is 1.25 bits per heavy atom. The molecule has 0 amide bonds. The second-order valence-corrected chi connectivity index (χ2v) is 9.53. The highest BCUT2D eigenvalue weighted by Crippen LogP contribution is 2.49. The summed E-state index contributed by atoms with van der Waals surface area (Å²) < 4.78 is 0. The fourth-order valence-corrected chi connectivity index (χ4v) is 5.78. The normalized spacial score (nSPS) is 14.2. The zero-order chi connectivity index (χ0) is 21.4. The van der Waals surface area contributed by atoms with E-state index in [-0.39, 0.29) is 5.41 Å². The number of nitrogens with one attached hydrogen (secondary N) is 1. The minimum Gasteiger partial charge on any atom is -0.355 e. The first-order valence-electron chi connectivity index (χ1n) is 11.3. The van der Waals surface area contributed by atoms with Crippen molar-refractivity contribution in [3.05, 3.63) is 108 Å². The number of anilines is 2. The predicted octanol–water partition coefficient (Wildman–Crippen LogP) is 8.63. The van der Waals surface area contributed by atoms with Crippen molar-refractivity contribution in [1.82, 2.24) is 0 Å². The van der Waals surface area contributed by atoms with E-state index in [1.54, 1.807) is 0 Å². The first kappa shape index (κ1) is 17.8. The van der Waals surface area contributed by atoms with E-state index in [0.29, 0.717) is 0 Å². The molecule has 0 radical (unpaired) electrons. The molecule has 32 heavy (non-hydrogen) atoms. The van der Waals surface area contributed by atoms with Crippen LogP contribution in [0.15, 0.2) is 97.1 Å².